The largest absolute Gasteiger partial charge is 0.383 e. The molecule has 0 unspecified atom stereocenters. The molecule has 0 N–H and O–H groups in total. The Balaban J connectivity index is 1.51. The Morgan fingerprint density at radius 1 is 1.08 bits per heavy atom. The van der Waals surface area contributed by atoms with Crippen LogP contribution in [0.4, 0.5) is 11.4 Å². The Hall–Kier alpha value is -1.66. The van der Waals surface area contributed by atoms with Crippen molar-refractivity contribution in [2.45, 2.75) is 25.7 Å². The Morgan fingerprint density at radius 2 is 1.67 bits per heavy atom. The third-order valence-electron chi connectivity index (χ3n) is 5.78. The highest BCUT2D eigenvalue weighted by Crippen LogP contribution is 2.42. The number of piperidine rings is 2. The summed E-state index contributed by atoms with van der Waals surface area (Å²) in [7, 11) is 1.76. The summed E-state index contributed by atoms with van der Waals surface area (Å²) in [6.45, 7) is 6.33. The van der Waals surface area contributed by atoms with Crippen LogP contribution >= 0.6 is 0 Å². The number of likely N-dealkylation sites (tertiary alicyclic amines) is 1. The molecule has 0 saturated carbocycles. The second kappa shape index (κ2) is 7.49. The lowest BCUT2D eigenvalue weighted by Gasteiger charge is -2.47. The molecule has 2 aliphatic heterocycles. The van der Waals surface area contributed by atoms with Crippen LogP contribution in [-0.2, 0) is 4.74 Å². The van der Waals surface area contributed by atoms with E-state index in [-0.39, 0.29) is 10.6 Å². The lowest BCUT2D eigenvalue weighted by Crippen LogP contribution is -2.47. The minimum atomic E-state index is -0.341. The predicted octanol–water partition coefficient (Wildman–Crippen LogP) is 2.92. The topological polar surface area (TPSA) is 58.8 Å². The van der Waals surface area contributed by atoms with Crippen molar-refractivity contribution in [1.82, 2.24) is 4.90 Å². The van der Waals surface area contributed by atoms with Crippen LogP contribution in [0.3, 0.4) is 0 Å². The maximum atomic E-state index is 10.8. The molecule has 3 rings (SSSR count). The molecule has 1 aromatic carbocycles. The standard InChI is InChI=1S/C18H27N3O3/c1-24-15-14-19-10-6-18(7-11-19)8-12-20(13-9-18)16-2-4-17(5-3-16)21(22)23/h2-5H,6-15H2,1H3. The Morgan fingerprint density at radius 3 is 2.21 bits per heavy atom. The number of non-ortho nitro benzene ring substituents is 1. The van der Waals surface area contributed by atoms with E-state index in [4.69, 9.17) is 4.74 Å². The normalized spacial score (nSPS) is 21.1. The molecule has 2 heterocycles. The van der Waals surface area contributed by atoms with Crippen LogP contribution < -0.4 is 4.90 Å². The van der Waals surface area contributed by atoms with Crippen LogP contribution in [0.25, 0.3) is 0 Å². The van der Waals surface area contributed by atoms with Gasteiger partial charge in [0, 0.05) is 44.6 Å². The summed E-state index contributed by atoms with van der Waals surface area (Å²) in [5.41, 5.74) is 1.77. The van der Waals surface area contributed by atoms with Gasteiger partial charge < -0.3 is 14.5 Å². The molecule has 2 fully saturated rings. The molecule has 0 atom stereocenters. The SMILES string of the molecule is COCCN1CCC2(CC1)CCN(c1ccc([N+](=O)[O-])cc1)CC2. The molecule has 0 radical (unpaired) electrons. The Labute approximate surface area is 143 Å². The lowest BCUT2D eigenvalue weighted by atomic mass is 9.71. The van der Waals surface area contributed by atoms with Crippen molar-refractivity contribution in [1.29, 1.82) is 0 Å². The van der Waals surface area contributed by atoms with Crippen LogP contribution in [-0.4, -0.2) is 56.3 Å². The number of nitrogens with zero attached hydrogens (tertiary/aromatic N) is 3. The average Bonchev–Trinajstić information content (AvgIpc) is 2.62. The van der Waals surface area contributed by atoms with Crippen LogP contribution in [0, 0.1) is 15.5 Å². The van der Waals surface area contributed by atoms with Gasteiger partial charge in [-0.15, -0.1) is 0 Å². The number of hydrogen-bond acceptors (Lipinski definition) is 5. The molecule has 1 spiro atoms. The molecule has 1 aromatic rings. The molecule has 0 amide bonds. The van der Waals surface area contributed by atoms with Gasteiger partial charge in [-0.1, -0.05) is 0 Å². The van der Waals surface area contributed by atoms with E-state index in [0.29, 0.717) is 5.41 Å². The third-order valence-corrected chi connectivity index (χ3v) is 5.78. The van der Waals surface area contributed by atoms with Gasteiger partial charge in [-0.05, 0) is 56.3 Å². The van der Waals surface area contributed by atoms with E-state index in [1.54, 1.807) is 19.2 Å². The number of benzene rings is 1. The molecule has 6 nitrogen and oxygen atoms in total. The number of methoxy groups -OCH3 is 1. The van der Waals surface area contributed by atoms with E-state index < -0.39 is 0 Å². The first-order valence-corrected chi connectivity index (χ1v) is 8.83. The van der Waals surface area contributed by atoms with Crippen molar-refractivity contribution in [3.8, 4) is 0 Å². The first-order valence-electron chi connectivity index (χ1n) is 8.83. The summed E-state index contributed by atoms with van der Waals surface area (Å²) in [5.74, 6) is 0. The van der Waals surface area contributed by atoms with Gasteiger partial charge in [0.15, 0.2) is 0 Å². The minimum Gasteiger partial charge on any atom is -0.383 e. The monoisotopic (exact) mass is 333 g/mol. The third kappa shape index (κ3) is 3.87. The van der Waals surface area contributed by atoms with Crippen LogP contribution in [0.1, 0.15) is 25.7 Å². The zero-order chi connectivity index (χ0) is 17.0. The molecule has 132 valence electrons. The highest BCUT2D eigenvalue weighted by Gasteiger charge is 2.37. The highest BCUT2D eigenvalue weighted by atomic mass is 16.6. The molecule has 24 heavy (non-hydrogen) atoms. The second-order valence-electron chi connectivity index (χ2n) is 7.09. The molecule has 0 aromatic heterocycles. The fourth-order valence-corrected chi connectivity index (χ4v) is 4.00. The van der Waals surface area contributed by atoms with E-state index in [9.17, 15) is 10.1 Å². The lowest BCUT2D eigenvalue weighted by molar-refractivity contribution is -0.384. The van der Waals surface area contributed by atoms with E-state index in [1.165, 1.54) is 38.8 Å². The molecular formula is C18H27N3O3. The van der Waals surface area contributed by atoms with Gasteiger partial charge in [-0.3, -0.25) is 10.1 Å². The quantitative estimate of drug-likeness (QED) is 0.612. The molecule has 0 aliphatic carbocycles. The van der Waals surface area contributed by atoms with Crippen molar-refractivity contribution in [3.05, 3.63) is 34.4 Å². The molecule has 2 saturated heterocycles. The number of nitro benzene ring substituents is 1. The van der Waals surface area contributed by atoms with E-state index in [0.717, 1.165) is 31.9 Å². The molecule has 2 aliphatic rings. The van der Waals surface area contributed by atoms with E-state index in [1.807, 2.05) is 12.1 Å². The zero-order valence-electron chi connectivity index (χ0n) is 14.4. The van der Waals surface area contributed by atoms with Gasteiger partial charge in [-0.2, -0.15) is 0 Å². The summed E-state index contributed by atoms with van der Waals surface area (Å²) >= 11 is 0. The van der Waals surface area contributed by atoms with Crippen molar-refractivity contribution in [3.63, 3.8) is 0 Å². The first kappa shape index (κ1) is 17.2. The summed E-state index contributed by atoms with van der Waals surface area (Å²) in [5, 5.41) is 10.8. The van der Waals surface area contributed by atoms with Crippen molar-refractivity contribution >= 4 is 11.4 Å². The molecular weight excluding hydrogens is 306 g/mol. The van der Waals surface area contributed by atoms with Crippen molar-refractivity contribution < 1.29 is 9.66 Å². The van der Waals surface area contributed by atoms with Gasteiger partial charge in [0.05, 0.1) is 11.5 Å². The maximum absolute atomic E-state index is 10.8. The fourth-order valence-electron chi connectivity index (χ4n) is 4.00. The number of ether oxygens (including phenoxy) is 1. The van der Waals surface area contributed by atoms with Crippen LogP contribution in [0.2, 0.25) is 0 Å². The van der Waals surface area contributed by atoms with Gasteiger partial charge in [-0.25, -0.2) is 0 Å². The Bertz CT molecular complexity index is 543. The summed E-state index contributed by atoms with van der Waals surface area (Å²) < 4.78 is 5.18. The van der Waals surface area contributed by atoms with Crippen LogP contribution in [0.15, 0.2) is 24.3 Å². The van der Waals surface area contributed by atoms with E-state index in [2.05, 4.69) is 9.80 Å². The average molecular weight is 333 g/mol. The summed E-state index contributed by atoms with van der Waals surface area (Å²) in [6, 6.07) is 6.97. The minimum absolute atomic E-state index is 0.163. The van der Waals surface area contributed by atoms with Crippen molar-refractivity contribution in [2.24, 2.45) is 5.41 Å². The molecule has 0 bridgehead atoms. The van der Waals surface area contributed by atoms with Gasteiger partial charge in [0.25, 0.3) is 5.69 Å². The fraction of sp³-hybridized carbons (Fsp3) is 0.667. The van der Waals surface area contributed by atoms with Gasteiger partial charge in [0.1, 0.15) is 0 Å². The van der Waals surface area contributed by atoms with Gasteiger partial charge >= 0.3 is 0 Å². The Kier molecular flexibility index (Phi) is 5.36. The number of hydrogen-bond donors (Lipinski definition) is 0. The first-order chi connectivity index (χ1) is 11.6. The maximum Gasteiger partial charge on any atom is 0.269 e. The number of nitro groups is 1. The van der Waals surface area contributed by atoms with Crippen LogP contribution in [0.5, 0.6) is 0 Å². The smallest absolute Gasteiger partial charge is 0.269 e. The predicted molar refractivity (Wildman–Crippen MR) is 94.5 cm³/mol. The molecule has 6 heteroatoms. The number of rotatable bonds is 5. The van der Waals surface area contributed by atoms with E-state index >= 15 is 0 Å². The summed E-state index contributed by atoms with van der Waals surface area (Å²) in [4.78, 5) is 15.3. The van der Waals surface area contributed by atoms with Crippen molar-refractivity contribution in [2.75, 3.05) is 51.3 Å². The van der Waals surface area contributed by atoms with Gasteiger partial charge in [0.2, 0.25) is 0 Å². The second-order valence-corrected chi connectivity index (χ2v) is 7.09. The number of anilines is 1. The summed E-state index contributed by atoms with van der Waals surface area (Å²) in [6.07, 6.45) is 5.01. The highest BCUT2D eigenvalue weighted by molar-refractivity contribution is 5.51. The zero-order valence-corrected chi connectivity index (χ0v) is 14.4.